The summed E-state index contributed by atoms with van der Waals surface area (Å²) in [7, 11) is 3.55. The zero-order valence-corrected chi connectivity index (χ0v) is 9.13. The van der Waals surface area contributed by atoms with Crippen LogP contribution in [0, 0.1) is 0 Å². The predicted molar refractivity (Wildman–Crippen MR) is 58.9 cm³/mol. The summed E-state index contributed by atoms with van der Waals surface area (Å²) in [6.07, 6.45) is 5.36. The van der Waals surface area contributed by atoms with Crippen LogP contribution >= 0.6 is 0 Å². The van der Waals surface area contributed by atoms with Gasteiger partial charge in [0.15, 0.2) is 0 Å². The van der Waals surface area contributed by atoms with Gasteiger partial charge >= 0.3 is 0 Å². The molecule has 0 aliphatic heterocycles. The van der Waals surface area contributed by atoms with Crippen LogP contribution in [0.1, 0.15) is 25.3 Å². The van der Waals surface area contributed by atoms with Gasteiger partial charge < -0.3 is 10.1 Å². The molecule has 0 amide bonds. The van der Waals surface area contributed by atoms with E-state index in [1.165, 1.54) is 18.4 Å². The number of unbranched alkanes of at least 4 members (excludes halogenated alkanes) is 1. The first-order chi connectivity index (χ1) is 6.81. The van der Waals surface area contributed by atoms with Crippen LogP contribution in [0.4, 0.5) is 5.69 Å². The number of nitrogens with zero attached hydrogens (tertiary/aromatic N) is 1. The van der Waals surface area contributed by atoms with Crippen LogP contribution in [0.3, 0.4) is 0 Å². The number of nitrogens with one attached hydrogen (secondary N) is 1. The highest BCUT2D eigenvalue weighted by atomic mass is 16.5. The molecule has 0 saturated heterocycles. The molecular formula is C11H18N2O. The van der Waals surface area contributed by atoms with Gasteiger partial charge in [-0.05, 0) is 18.4 Å². The number of aromatic nitrogens is 1. The Hall–Kier alpha value is -1.25. The van der Waals surface area contributed by atoms with Crippen molar-refractivity contribution in [2.75, 3.05) is 19.5 Å². The van der Waals surface area contributed by atoms with E-state index >= 15 is 0 Å². The van der Waals surface area contributed by atoms with Crippen molar-refractivity contribution >= 4 is 5.69 Å². The first-order valence-corrected chi connectivity index (χ1v) is 5.02. The summed E-state index contributed by atoms with van der Waals surface area (Å²) in [5.74, 6) is 0.662. The van der Waals surface area contributed by atoms with Crippen LogP contribution in [0.5, 0.6) is 5.88 Å². The van der Waals surface area contributed by atoms with E-state index in [2.05, 4.69) is 17.2 Å². The van der Waals surface area contributed by atoms with Crippen molar-refractivity contribution in [1.82, 2.24) is 4.98 Å². The minimum atomic E-state index is 0.662. The lowest BCUT2D eigenvalue weighted by Crippen LogP contribution is -1.98. The Labute approximate surface area is 85.5 Å². The zero-order valence-electron chi connectivity index (χ0n) is 9.13. The maximum atomic E-state index is 5.07. The third-order valence-electron chi connectivity index (χ3n) is 2.24. The summed E-state index contributed by atoms with van der Waals surface area (Å²) in [6.45, 7) is 2.19. The Morgan fingerprint density at radius 2 is 2.29 bits per heavy atom. The van der Waals surface area contributed by atoms with Crippen molar-refractivity contribution in [3.05, 3.63) is 17.8 Å². The number of hydrogen-bond donors (Lipinski definition) is 1. The van der Waals surface area contributed by atoms with E-state index in [1.807, 2.05) is 19.3 Å². The number of ether oxygens (including phenoxy) is 1. The fourth-order valence-electron chi connectivity index (χ4n) is 1.38. The number of anilines is 1. The topological polar surface area (TPSA) is 34.1 Å². The molecule has 3 nitrogen and oxygen atoms in total. The Kier molecular flexibility index (Phi) is 4.23. The van der Waals surface area contributed by atoms with E-state index in [1.54, 1.807) is 7.11 Å². The summed E-state index contributed by atoms with van der Waals surface area (Å²) >= 11 is 0. The summed E-state index contributed by atoms with van der Waals surface area (Å²) in [5.41, 5.74) is 2.38. The third kappa shape index (κ3) is 2.62. The molecule has 0 radical (unpaired) electrons. The number of aryl methyl sites for hydroxylation is 1. The van der Waals surface area contributed by atoms with E-state index in [9.17, 15) is 0 Å². The maximum absolute atomic E-state index is 5.07. The Morgan fingerprint density at radius 1 is 1.50 bits per heavy atom. The number of methoxy groups -OCH3 is 1. The smallest absolute Gasteiger partial charge is 0.214 e. The Balaban J connectivity index is 2.82. The highest BCUT2D eigenvalue weighted by molar-refractivity contribution is 5.52. The molecule has 0 aromatic carbocycles. The maximum Gasteiger partial charge on any atom is 0.214 e. The van der Waals surface area contributed by atoms with E-state index in [4.69, 9.17) is 4.74 Å². The summed E-state index contributed by atoms with van der Waals surface area (Å²) < 4.78 is 5.07. The summed E-state index contributed by atoms with van der Waals surface area (Å²) in [5, 5.41) is 3.16. The van der Waals surface area contributed by atoms with E-state index < -0.39 is 0 Å². The predicted octanol–water partition coefficient (Wildman–Crippen LogP) is 2.47. The number of rotatable bonds is 5. The molecule has 78 valence electrons. The molecule has 0 fully saturated rings. The molecular weight excluding hydrogens is 176 g/mol. The van der Waals surface area contributed by atoms with Crippen molar-refractivity contribution in [2.45, 2.75) is 26.2 Å². The fraction of sp³-hybridized carbons (Fsp3) is 0.545. The van der Waals surface area contributed by atoms with Gasteiger partial charge in [0.2, 0.25) is 5.88 Å². The molecule has 0 aliphatic carbocycles. The van der Waals surface area contributed by atoms with E-state index in [-0.39, 0.29) is 0 Å². The van der Waals surface area contributed by atoms with Crippen LogP contribution in [0.2, 0.25) is 0 Å². The number of hydrogen-bond acceptors (Lipinski definition) is 3. The fourth-order valence-corrected chi connectivity index (χ4v) is 1.38. The standard InChI is InChI=1S/C11H18N2O/c1-4-5-6-9-8-13-11(14-3)7-10(9)12-2/h7-8H,4-6H2,1-3H3,(H,12,13). The first-order valence-electron chi connectivity index (χ1n) is 5.02. The average molecular weight is 194 g/mol. The molecule has 0 spiro atoms. The lowest BCUT2D eigenvalue weighted by atomic mass is 10.1. The van der Waals surface area contributed by atoms with Crippen molar-refractivity contribution in [3.63, 3.8) is 0 Å². The molecule has 1 heterocycles. The van der Waals surface area contributed by atoms with Crippen molar-refractivity contribution in [3.8, 4) is 5.88 Å². The minimum absolute atomic E-state index is 0.662. The minimum Gasteiger partial charge on any atom is -0.481 e. The summed E-state index contributed by atoms with van der Waals surface area (Å²) in [4.78, 5) is 4.20. The molecule has 3 heteroatoms. The molecule has 14 heavy (non-hydrogen) atoms. The van der Waals surface area contributed by atoms with Gasteiger partial charge in [0.1, 0.15) is 0 Å². The van der Waals surface area contributed by atoms with Gasteiger partial charge in [0.05, 0.1) is 7.11 Å². The molecule has 0 aliphatic rings. The van der Waals surface area contributed by atoms with Gasteiger partial charge in [-0.15, -0.1) is 0 Å². The van der Waals surface area contributed by atoms with Crippen LogP contribution < -0.4 is 10.1 Å². The average Bonchev–Trinajstić information content (AvgIpc) is 2.26. The van der Waals surface area contributed by atoms with Gasteiger partial charge in [0.25, 0.3) is 0 Å². The van der Waals surface area contributed by atoms with Crippen LogP contribution in [-0.2, 0) is 6.42 Å². The molecule has 1 N–H and O–H groups in total. The quantitative estimate of drug-likeness (QED) is 0.782. The second-order valence-corrected chi connectivity index (χ2v) is 3.24. The molecule has 1 aromatic heterocycles. The van der Waals surface area contributed by atoms with Gasteiger partial charge in [0, 0.05) is 25.0 Å². The second kappa shape index (κ2) is 5.47. The zero-order chi connectivity index (χ0) is 10.4. The highest BCUT2D eigenvalue weighted by Crippen LogP contribution is 2.20. The van der Waals surface area contributed by atoms with Gasteiger partial charge in [-0.25, -0.2) is 4.98 Å². The third-order valence-corrected chi connectivity index (χ3v) is 2.24. The van der Waals surface area contributed by atoms with E-state index in [0.29, 0.717) is 5.88 Å². The molecule has 0 bridgehead atoms. The SMILES string of the molecule is CCCCc1cnc(OC)cc1NC. The second-order valence-electron chi connectivity index (χ2n) is 3.24. The molecule has 0 unspecified atom stereocenters. The van der Waals surface area contributed by atoms with Crippen molar-refractivity contribution in [1.29, 1.82) is 0 Å². The van der Waals surface area contributed by atoms with Crippen molar-refractivity contribution in [2.24, 2.45) is 0 Å². The molecule has 0 saturated carbocycles. The van der Waals surface area contributed by atoms with Crippen LogP contribution in [0.15, 0.2) is 12.3 Å². The molecule has 1 aromatic rings. The van der Waals surface area contributed by atoms with Crippen molar-refractivity contribution < 1.29 is 4.74 Å². The van der Waals surface area contributed by atoms with Crippen LogP contribution in [0.25, 0.3) is 0 Å². The normalized spacial score (nSPS) is 9.93. The van der Waals surface area contributed by atoms with Gasteiger partial charge in [-0.2, -0.15) is 0 Å². The van der Waals surface area contributed by atoms with E-state index in [0.717, 1.165) is 12.1 Å². The van der Waals surface area contributed by atoms with Gasteiger partial charge in [-0.1, -0.05) is 13.3 Å². The monoisotopic (exact) mass is 194 g/mol. The first kappa shape index (κ1) is 10.8. The van der Waals surface area contributed by atoms with Crippen LogP contribution in [-0.4, -0.2) is 19.1 Å². The lowest BCUT2D eigenvalue weighted by Gasteiger charge is -2.09. The molecule has 0 atom stereocenters. The largest absolute Gasteiger partial charge is 0.481 e. The highest BCUT2D eigenvalue weighted by Gasteiger charge is 2.03. The Morgan fingerprint density at radius 3 is 2.86 bits per heavy atom. The van der Waals surface area contributed by atoms with Gasteiger partial charge in [-0.3, -0.25) is 0 Å². The Bertz CT molecular complexity index is 287. The number of pyridine rings is 1. The lowest BCUT2D eigenvalue weighted by molar-refractivity contribution is 0.398. The molecule has 1 rings (SSSR count). The summed E-state index contributed by atoms with van der Waals surface area (Å²) in [6, 6.07) is 1.94.